The monoisotopic (exact) mass is 332 g/mol. The van der Waals surface area contributed by atoms with Crippen LogP contribution in [0.4, 0.5) is 5.82 Å². The zero-order valence-electron chi connectivity index (χ0n) is 11.2. The van der Waals surface area contributed by atoms with Gasteiger partial charge in [0.2, 0.25) is 0 Å². The Kier molecular flexibility index (Phi) is 3.76. The van der Waals surface area contributed by atoms with Gasteiger partial charge in [-0.1, -0.05) is 30.3 Å². The van der Waals surface area contributed by atoms with Crippen molar-refractivity contribution in [3.8, 4) is 0 Å². The van der Waals surface area contributed by atoms with Gasteiger partial charge in [0.1, 0.15) is 5.82 Å². The molecule has 1 aromatic heterocycles. The van der Waals surface area contributed by atoms with Crippen LogP contribution in [0, 0.1) is 0 Å². The van der Waals surface area contributed by atoms with Crippen molar-refractivity contribution in [3.63, 3.8) is 0 Å². The second-order valence-electron chi connectivity index (χ2n) is 5.19. The minimum absolute atomic E-state index is 0.709. The van der Waals surface area contributed by atoms with E-state index in [-0.39, 0.29) is 0 Å². The summed E-state index contributed by atoms with van der Waals surface area (Å²) in [5, 5.41) is 10.8. The van der Waals surface area contributed by atoms with Crippen molar-refractivity contribution in [3.05, 3.63) is 58.7 Å². The van der Waals surface area contributed by atoms with Crippen LogP contribution in [0.2, 0.25) is 0 Å². The van der Waals surface area contributed by atoms with Gasteiger partial charge in [-0.25, -0.2) is 4.98 Å². The molecule has 3 nitrogen and oxygen atoms in total. The van der Waals surface area contributed by atoms with E-state index in [1.54, 1.807) is 6.20 Å². The Hall–Kier alpha value is -1.39. The van der Waals surface area contributed by atoms with Gasteiger partial charge in [0, 0.05) is 19.3 Å². The lowest BCUT2D eigenvalue weighted by atomic mass is 9.84. The molecule has 20 heavy (non-hydrogen) atoms. The highest BCUT2D eigenvalue weighted by Gasteiger charge is 2.34. The zero-order valence-corrected chi connectivity index (χ0v) is 12.8. The molecule has 0 radical (unpaired) electrons. The molecule has 1 aliphatic rings. The van der Waals surface area contributed by atoms with E-state index in [1.165, 1.54) is 0 Å². The van der Waals surface area contributed by atoms with Crippen molar-refractivity contribution >= 4 is 21.7 Å². The maximum Gasteiger partial charge on any atom is 0.142 e. The van der Waals surface area contributed by atoms with Crippen LogP contribution in [0.1, 0.15) is 18.4 Å². The summed E-state index contributed by atoms with van der Waals surface area (Å²) in [7, 11) is 0. The molecule has 2 heterocycles. The summed E-state index contributed by atoms with van der Waals surface area (Å²) in [4.78, 5) is 6.64. The van der Waals surface area contributed by atoms with Crippen molar-refractivity contribution in [1.29, 1.82) is 0 Å². The second-order valence-corrected chi connectivity index (χ2v) is 6.05. The van der Waals surface area contributed by atoms with Crippen molar-refractivity contribution in [1.82, 2.24) is 4.98 Å². The molecule has 1 fully saturated rings. The predicted octanol–water partition coefficient (Wildman–Crippen LogP) is 3.33. The number of benzene rings is 1. The lowest BCUT2D eigenvalue weighted by Crippen LogP contribution is -2.43. The van der Waals surface area contributed by atoms with E-state index in [9.17, 15) is 5.11 Å². The summed E-state index contributed by atoms with van der Waals surface area (Å²) in [6.07, 6.45) is 3.25. The standard InChI is InChI=1S/C16H17BrN2O/c17-14-7-4-10-18-15(14)19-11-8-16(20,9-12-19)13-5-2-1-3-6-13/h1-7,10,20H,8-9,11-12H2. The Bertz CT molecular complexity index is 580. The Labute approximate surface area is 127 Å². The van der Waals surface area contributed by atoms with E-state index in [2.05, 4.69) is 25.8 Å². The first-order chi connectivity index (χ1) is 9.69. The minimum Gasteiger partial charge on any atom is -0.385 e. The third-order valence-electron chi connectivity index (χ3n) is 3.94. The number of nitrogens with zero attached hydrogens (tertiary/aromatic N) is 2. The summed E-state index contributed by atoms with van der Waals surface area (Å²) >= 11 is 3.54. The van der Waals surface area contributed by atoms with E-state index in [0.29, 0.717) is 0 Å². The molecule has 0 spiro atoms. The predicted molar refractivity (Wildman–Crippen MR) is 83.7 cm³/mol. The average Bonchev–Trinajstić information content (AvgIpc) is 2.50. The fraction of sp³-hybridized carbons (Fsp3) is 0.312. The normalized spacial score (nSPS) is 18.0. The number of piperidine rings is 1. The van der Waals surface area contributed by atoms with Crippen molar-refractivity contribution in [2.75, 3.05) is 18.0 Å². The number of hydrogen-bond donors (Lipinski definition) is 1. The number of aromatic nitrogens is 1. The fourth-order valence-electron chi connectivity index (χ4n) is 2.74. The Morgan fingerprint density at radius 2 is 1.75 bits per heavy atom. The lowest BCUT2D eigenvalue weighted by molar-refractivity contribution is 0.0116. The highest BCUT2D eigenvalue weighted by molar-refractivity contribution is 9.10. The largest absolute Gasteiger partial charge is 0.385 e. The number of rotatable bonds is 2. The Morgan fingerprint density at radius 1 is 1.05 bits per heavy atom. The third-order valence-corrected chi connectivity index (χ3v) is 4.56. The van der Waals surface area contributed by atoms with Crippen molar-refractivity contribution in [2.45, 2.75) is 18.4 Å². The van der Waals surface area contributed by atoms with E-state index in [0.717, 1.165) is 41.8 Å². The first kappa shape index (κ1) is 13.6. The second kappa shape index (κ2) is 5.54. The molecule has 1 N–H and O–H groups in total. The molecule has 0 aliphatic carbocycles. The lowest BCUT2D eigenvalue weighted by Gasteiger charge is -2.39. The van der Waals surface area contributed by atoms with E-state index >= 15 is 0 Å². The molecule has 0 bridgehead atoms. The number of aliphatic hydroxyl groups is 1. The van der Waals surface area contributed by atoms with E-state index in [4.69, 9.17) is 0 Å². The van der Waals surface area contributed by atoms with Gasteiger partial charge in [-0.2, -0.15) is 0 Å². The summed E-state index contributed by atoms with van der Waals surface area (Å²) in [6.45, 7) is 1.61. The molecule has 1 saturated heterocycles. The maximum atomic E-state index is 10.8. The fourth-order valence-corrected chi connectivity index (χ4v) is 3.24. The third kappa shape index (κ3) is 2.58. The van der Waals surface area contributed by atoms with Crippen LogP contribution in [0.5, 0.6) is 0 Å². The average molecular weight is 333 g/mol. The van der Waals surface area contributed by atoms with Gasteiger partial charge in [-0.15, -0.1) is 0 Å². The molecule has 0 saturated carbocycles. The maximum absolute atomic E-state index is 10.8. The number of halogens is 1. The van der Waals surface area contributed by atoms with Gasteiger partial charge >= 0.3 is 0 Å². The minimum atomic E-state index is -0.709. The highest BCUT2D eigenvalue weighted by atomic mass is 79.9. The van der Waals surface area contributed by atoms with Crippen LogP contribution >= 0.6 is 15.9 Å². The number of anilines is 1. The van der Waals surface area contributed by atoms with Crippen LogP contribution in [0.3, 0.4) is 0 Å². The van der Waals surface area contributed by atoms with Crippen LogP contribution in [-0.4, -0.2) is 23.2 Å². The van der Waals surface area contributed by atoms with Crippen LogP contribution in [0.25, 0.3) is 0 Å². The van der Waals surface area contributed by atoms with Gasteiger partial charge in [-0.3, -0.25) is 0 Å². The van der Waals surface area contributed by atoms with Crippen LogP contribution in [-0.2, 0) is 5.60 Å². The van der Waals surface area contributed by atoms with E-state index < -0.39 is 5.60 Å². The summed E-state index contributed by atoms with van der Waals surface area (Å²) in [6, 6.07) is 13.9. The number of hydrogen-bond acceptors (Lipinski definition) is 3. The van der Waals surface area contributed by atoms with Gasteiger partial charge in [0.15, 0.2) is 0 Å². The van der Waals surface area contributed by atoms with Crippen molar-refractivity contribution < 1.29 is 5.11 Å². The molecular weight excluding hydrogens is 316 g/mol. The molecule has 0 atom stereocenters. The van der Waals surface area contributed by atoms with Gasteiger partial charge in [0.05, 0.1) is 10.1 Å². The van der Waals surface area contributed by atoms with Gasteiger partial charge < -0.3 is 10.0 Å². The number of pyridine rings is 1. The summed E-state index contributed by atoms with van der Waals surface area (Å²) in [5.74, 6) is 0.961. The molecule has 1 aliphatic heterocycles. The van der Waals surface area contributed by atoms with Crippen LogP contribution < -0.4 is 4.90 Å². The SMILES string of the molecule is OC1(c2ccccc2)CCN(c2ncccc2Br)CC1. The molecule has 0 unspecified atom stereocenters. The molecule has 3 rings (SSSR count). The highest BCUT2D eigenvalue weighted by Crippen LogP contribution is 2.35. The Balaban J connectivity index is 1.76. The molecule has 0 amide bonds. The molecule has 1 aromatic carbocycles. The smallest absolute Gasteiger partial charge is 0.142 e. The van der Waals surface area contributed by atoms with Gasteiger partial charge in [-0.05, 0) is 46.5 Å². The first-order valence-electron chi connectivity index (χ1n) is 6.82. The Morgan fingerprint density at radius 3 is 2.40 bits per heavy atom. The molecule has 4 heteroatoms. The summed E-state index contributed by atoms with van der Waals surface area (Å²) in [5.41, 5.74) is 0.304. The molecule has 104 valence electrons. The topological polar surface area (TPSA) is 36.4 Å². The van der Waals surface area contributed by atoms with Crippen LogP contribution in [0.15, 0.2) is 53.1 Å². The van der Waals surface area contributed by atoms with E-state index in [1.807, 2.05) is 42.5 Å². The first-order valence-corrected chi connectivity index (χ1v) is 7.62. The quantitative estimate of drug-likeness (QED) is 0.916. The molecular formula is C16H17BrN2O. The van der Waals surface area contributed by atoms with Crippen molar-refractivity contribution in [2.24, 2.45) is 0 Å². The zero-order chi connectivity index (χ0) is 14.0. The molecule has 2 aromatic rings. The summed E-state index contributed by atoms with van der Waals surface area (Å²) < 4.78 is 1.00. The van der Waals surface area contributed by atoms with Gasteiger partial charge in [0.25, 0.3) is 0 Å².